The van der Waals surface area contributed by atoms with Crippen LogP contribution < -0.4 is 15.8 Å². The molecule has 0 aliphatic carbocycles. The van der Waals surface area contributed by atoms with Gasteiger partial charge in [-0.15, -0.1) is 33.2 Å². The number of hydrazine groups is 1. The number of aliphatic hydroxyl groups is 1. The van der Waals surface area contributed by atoms with E-state index in [2.05, 4.69) is 15.8 Å². The van der Waals surface area contributed by atoms with Crippen LogP contribution >= 0.6 is 45.9 Å². The van der Waals surface area contributed by atoms with Crippen LogP contribution in [-0.2, 0) is 4.74 Å². The van der Waals surface area contributed by atoms with Gasteiger partial charge in [0.15, 0.2) is 0 Å². The van der Waals surface area contributed by atoms with Gasteiger partial charge in [0.1, 0.15) is 12.0 Å². The van der Waals surface area contributed by atoms with E-state index in [1.54, 1.807) is 42.6 Å². The Balaban J connectivity index is 1.38. The Hall–Kier alpha value is -1.98. The Morgan fingerprint density at radius 3 is 2.85 bits per heavy atom. The van der Waals surface area contributed by atoms with E-state index in [9.17, 15) is 15.0 Å². The standard InChI is InChI=1S/C23H23Cl2N3O4S2/c1-12(15-11-33-21(20(15)29)13-4-5-16(24)17(25)9-13)27-28-23(31)19-7-6-18(34-19)22(30)26-10-14-3-2-8-32-14/h4-7,9,11,14,22,26,29-30H,2-3,8,10H2,1H3,(H,28,31)/p+1/b27-12+/t14?,22-/m0/s1. The molecular formula is C23H24Cl2N3O4S2+. The number of ether oxygens (including phenoxy) is 1. The minimum absolute atomic E-state index is 0.0847. The van der Waals surface area contributed by atoms with Crippen LogP contribution in [0.4, 0.5) is 0 Å². The van der Waals surface area contributed by atoms with E-state index in [1.807, 2.05) is 0 Å². The lowest BCUT2D eigenvalue weighted by Crippen LogP contribution is -2.84. The molecule has 2 atom stereocenters. The molecule has 4 rings (SSSR count). The van der Waals surface area contributed by atoms with Gasteiger partial charge >= 0.3 is 5.91 Å². The second-order valence-corrected chi connectivity index (χ2v) is 10.6. The number of carbonyl (C=O) groups is 1. The maximum Gasteiger partial charge on any atom is 0.314 e. The fourth-order valence-corrected chi connectivity index (χ4v) is 5.68. The van der Waals surface area contributed by atoms with E-state index in [0.717, 1.165) is 25.0 Å². The van der Waals surface area contributed by atoms with Crippen molar-refractivity contribution in [2.24, 2.45) is 0 Å². The van der Waals surface area contributed by atoms with Crippen LogP contribution in [0.25, 0.3) is 10.4 Å². The molecule has 3 aromatic rings. The van der Waals surface area contributed by atoms with Crippen molar-refractivity contribution in [3.63, 3.8) is 0 Å². The summed E-state index contributed by atoms with van der Waals surface area (Å²) in [5.74, 6) is -0.261. The third-order valence-corrected chi connectivity index (χ3v) is 8.29. The number of benzene rings is 1. The number of thiophene rings is 2. The molecule has 1 aliphatic heterocycles. The van der Waals surface area contributed by atoms with Crippen molar-refractivity contribution in [1.29, 1.82) is 0 Å². The number of rotatable bonds is 8. The first kappa shape index (κ1) is 25.1. The summed E-state index contributed by atoms with van der Waals surface area (Å²) in [6.07, 6.45) is 1.27. The monoisotopic (exact) mass is 540 g/mol. The van der Waals surface area contributed by atoms with Gasteiger partial charge in [0, 0.05) is 30.3 Å². The van der Waals surface area contributed by atoms with Gasteiger partial charge in [-0.3, -0.25) is 10.1 Å². The molecule has 7 nitrogen and oxygen atoms in total. The Morgan fingerprint density at radius 1 is 1.29 bits per heavy atom. The fourth-order valence-electron chi connectivity index (χ4n) is 3.51. The van der Waals surface area contributed by atoms with Gasteiger partial charge in [-0.25, -0.2) is 0 Å². The number of aliphatic hydroxyl groups excluding tert-OH is 1. The zero-order chi connectivity index (χ0) is 24.2. The number of hydrogen-bond acceptors (Lipinski definition) is 7. The number of amides is 1. The molecule has 1 amide bonds. The van der Waals surface area contributed by atoms with Crippen molar-refractivity contribution >= 4 is 57.5 Å². The molecule has 180 valence electrons. The van der Waals surface area contributed by atoms with Crippen molar-refractivity contribution < 1.29 is 24.8 Å². The first-order valence-corrected chi connectivity index (χ1v) is 13.1. The minimum atomic E-state index is -0.862. The van der Waals surface area contributed by atoms with E-state index >= 15 is 0 Å². The summed E-state index contributed by atoms with van der Waals surface area (Å²) >= 11 is 14.6. The highest BCUT2D eigenvalue weighted by molar-refractivity contribution is 7.14. The predicted octanol–water partition coefficient (Wildman–Crippen LogP) is 3.48. The highest BCUT2D eigenvalue weighted by Gasteiger charge is 2.21. The Bertz CT molecular complexity index is 1200. The average molecular weight is 542 g/mol. The Kier molecular flexibility index (Phi) is 8.26. The smallest absolute Gasteiger partial charge is 0.314 e. The molecule has 0 saturated carbocycles. The van der Waals surface area contributed by atoms with Gasteiger partial charge in [0.05, 0.1) is 31.5 Å². The van der Waals surface area contributed by atoms with Crippen LogP contribution in [-0.4, -0.2) is 41.1 Å². The summed E-state index contributed by atoms with van der Waals surface area (Å²) in [6, 6.07) is 8.54. The van der Waals surface area contributed by atoms with Gasteiger partial charge in [-0.05, 0) is 42.7 Å². The molecule has 0 bridgehead atoms. The SMILES string of the molecule is C/C(=[NH+]\NC(=O)c1ccc([C@H](O)NCC2CCCO2)s1)c1csc(-c2ccc(Cl)c(Cl)c2)c1O. The molecule has 1 aromatic carbocycles. The Labute approximate surface area is 215 Å². The van der Waals surface area contributed by atoms with Crippen LogP contribution in [0.2, 0.25) is 10.0 Å². The maximum absolute atomic E-state index is 12.6. The molecule has 11 heteroatoms. The summed E-state index contributed by atoms with van der Waals surface area (Å²) in [5.41, 5.74) is 4.52. The number of aromatic hydroxyl groups is 1. The lowest BCUT2D eigenvalue weighted by atomic mass is 10.1. The van der Waals surface area contributed by atoms with Gasteiger partial charge in [0.25, 0.3) is 0 Å². The number of carbonyl (C=O) groups excluding carboxylic acids is 1. The predicted molar refractivity (Wildman–Crippen MR) is 136 cm³/mol. The summed E-state index contributed by atoms with van der Waals surface area (Å²) in [6.45, 7) is 3.07. The van der Waals surface area contributed by atoms with Gasteiger partial charge in [-0.1, -0.05) is 29.3 Å². The number of hydrogen-bond donors (Lipinski definition) is 5. The maximum atomic E-state index is 12.6. The second kappa shape index (κ2) is 11.2. The molecular weight excluding hydrogens is 517 g/mol. The molecule has 2 aromatic heterocycles. The van der Waals surface area contributed by atoms with Crippen LogP contribution in [0.15, 0.2) is 35.7 Å². The van der Waals surface area contributed by atoms with Crippen molar-refractivity contribution in [1.82, 2.24) is 10.7 Å². The van der Waals surface area contributed by atoms with Crippen LogP contribution in [0.5, 0.6) is 5.75 Å². The molecule has 1 fully saturated rings. The highest BCUT2D eigenvalue weighted by Crippen LogP contribution is 2.40. The molecule has 0 radical (unpaired) electrons. The van der Waals surface area contributed by atoms with Crippen LogP contribution in [0, 0.1) is 0 Å². The zero-order valence-corrected chi connectivity index (χ0v) is 21.4. The quantitative estimate of drug-likeness (QED) is 0.171. The average Bonchev–Trinajstić information content (AvgIpc) is 3.58. The number of nitrogens with one attached hydrogen (secondary N) is 3. The first-order chi connectivity index (χ1) is 16.3. The number of hydrazone groups is 1. The van der Waals surface area contributed by atoms with Gasteiger partial charge < -0.3 is 14.9 Å². The van der Waals surface area contributed by atoms with Gasteiger partial charge in [0.2, 0.25) is 5.71 Å². The third-order valence-electron chi connectivity index (χ3n) is 5.40. The molecule has 0 spiro atoms. The van der Waals surface area contributed by atoms with Crippen molar-refractivity contribution in [3.8, 4) is 16.2 Å². The van der Waals surface area contributed by atoms with Crippen molar-refractivity contribution in [3.05, 3.63) is 61.1 Å². The van der Waals surface area contributed by atoms with Crippen molar-refractivity contribution in [2.45, 2.75) is 32.1 Å². The molecule has 1 saturated heterocycles. The third kappa shape index (κ3) is 5.80. The van der Waals surface area contributed by atoms with E-state index < -0.39 is 6.23 Å². The van der Waals surface area contributed by atoms with E-state index in [1.165, 1.54) is 22.7 Å². The first-order valence-electron chi connectivity index (χ1n) is 10.6. The topological polar surface area (TPSA) is 105 Å². The zero-order valence-electron chi connectivity index (χ0n) is 18.2. The lowest BCUT2D eigenvalue weighted by molar-refractivity contribution is -0.508. The summed E-state index contributed by atoms with van der Waals surface area (Å²) in [5, 5.41) is 29.6. The molecule has 1 unspecified atom stereocenters. The molecule has 5 N–H and O–H groups in total. The molecule has 1 aliphatic rings. The number of halogens is 2. The fraction of sp³-hybridized carbons (Fsp3) is 0.304. The van der Waals surface area contributed by atoms with Gasteiger partial charge in [-0.2, -0.15) is 0 Å². The summed E-state index contributed by atoms with van der Waals surface area (Å²) in [4.78, 5) is 14.3. The Morgan fingerprint density at radius 2 is 2.12 bits per heavy atom. The molecule has 3 heterocycles. The normalized spacial score (nSPS) is 17.2. The van der Waals surface area contributed by atoms with E-state index in [4.69, 9.17) is 27.9 Å². The van der Waals surface area contributed by atoms with E-state index in [0.29, 0.717) is 42.5 Å². The van der Waals surface area contributed by atoms with E-state index in [-0.39, 0.29) is 17.8 Å². The van der Waals surface area contributed by atoms with Crippen LogP contribution in [0.3, 0.4) is 0 Å². The summed E-state index contributed by atoms with van der Waals surface area (Å²) in [7, 11) is 0. The largest absolute Gasteiger partial charge is 0.506 e. The molecule has 34 heavy (non-hydrogen) atoms. The minimum Gasteiger partial charge on any atom is -0.506 e. The van der Waals surface area contributed by atoms with Crippen LogP contribution in [0.1, 0.15) is 46.1 Å². The lowest BCUT2D eigenvalue weighted by Gasteiger charge is -2.14. The summed E-state index contributed by atoms with van der Waals surface area (Å²) < 4.78 is 5.55. The highest BCUT2D eigenvalue weighted by atomic mass is 35.5. The second-order valence-electron chi connectivity index (χ2n) is 7.81. The van der Waals surface area contributed by atoms with Crippen molar-refractivity contribution in [2.75, 3.05) is 13.2 Å².